The van der Waals surface area contributed by atoms with Gasteiger partial charge in [-0.1, -0.05) is 11.6 Å². The first-order valence-electron chi connectivity index (χ1n) is 4.61. The van der Waals surface area contributed by atoms with Gasteiger partial charge in [-0.25, -0.2) is 8.42 Å². The molecule has 1 amide bonds. The normalized spacial score (nSPS) is 11.4. The SMILES string of the molecule is Cc1c(Cl)cc(S(=O)(=O)Cl)cc1C(=O)N(C)C. The van der Waals surface area contributed by atoms with Gasteiger partial charge in [0.15, 0.2) is 0 Å². The third-order valence-corrected chi connectivity index (χ3v) is 3.96. The molecule has 0 aliphatic heterocycles. The summed E-state index contributed by atoms with van der Waals surface area (Å²) in [6, 6.07) is 2.46. The number of nitrogens with zero attached hydrogens (tertiary/aromatic N) is 1. The zero-order valence-electron chi connectivity index (χ0n) is 9.49. The van der Waals surface area contributed by atoms with Crippen LogP contribution in [0.4, 0.5) is 0 Å². The maximum Gasteiger partial charge on any atom is 0.261 e. The van der Waals surface area contributed by atoms with E-state index in [1.165, 1.54) is 17.0 Å². The predicted molar refractivity (Wildman–Crippen MR) is 67.2 cm³/mol. The Bertz CT molecular complexity index is 567. The summed E-state index contributed by atoms with van der Waals surface area (Å²) in [5.74, 6) is -0.327. The summed E-state index contributed by atoms with van der Waals surface area (Å²) in [7, 11) is 4.46. The van der Waals surface area contributed by atoms with Crippen molar-refractivity contribution in [3.05, 3.63) is 28.3 Å². The average molecular weight is 296 g/mol. The van der Waals surface area contributed by atoms with E-state index in [2.05, 4.69) is 0 Å². The summed E-state index contributed by atoms with van der Waals surface area (Å²) in [5, 5.41) is 0.192. The average Bonchev–Trinajstić information content (AvgIpc) is 2.19. The van der Waals surface area contributed by atoms with Crippen LogP contribution in [0.25, 0.3) is 0 Å². The van der Waals surface area contributed by atoms with Gasteiger partial charge in [-0.15, -0.1) is 0 Å². The second kappa shape index (κ2) is 4.84. The first-order valence-corrected chi connectivity index (χ1v) is 7.29. The lowest BCUT2D eigenvalue weighted by molar-refractivity contribution is 0.0826. The van der Waals surface area contributed by atoms with Crippen LogP contribution in [0.3, 0.4) is 0 Å². The maximum absolute atomic E-state index is 11.8. The largest absolute Gasteiger partial charge is 0.345 e. The first kappa shape index (κ1) is 14.3. The quantitative estimate of drug-likeness (QED) is 0.787. The Kier molecular flexibility index (Phi) is 4.06. The van der Waals surface area contributed by atoms with E-state index >= 15 is 0 Å². The van der Waals surface area contributed by atoms with E-state index < -0.39 is 9.05 Å². The third kappa shape index (κ3) is 3.12. The molecule has 17 heavy (non-hydrogen) atoms. The molecule has 1 aromatic rings. The second-order valence-corrected chi connectivity index (χ2v) is 6.69. The number of halogens is 2. The molecule has 0 heterocycles. The molecule has 0 aliphatic rings. The van der Waals surface area contributed by atoms with Gasteiger partial charge in [0.25, 0.3) is 15.0 Å². The number of carbonyl (C=O) groups excluding carboxylic acids is 1. The summed E-state index contributed by atoms with van der Waals surface area (Å²) < 4.78 is 22.4. The fourth-order valence-corrected chi connectivity index (χ4v) is 2.33. The topological polar surface area (TPSA) is 54.5 Å². The van der Waals surface area contributed by atoms with Gasteiger partial charge < -0.3 is 4.90 Å². The second-order valence-electron chi connectivity index (χ2n) is 3.72. The number of hydrogen-bond donors (Lipinski definition) is 0. The molecule has 0 atom stereocenters. The summed E-state index contributed by atoms with van der Waals surface area (Å²) in [6.45, 7) is 1.64. The van der Waals surface area contributed by atoms with Crippen molar-refractivity contribution in [2.45, 2.75) is 11.8 Å². The molecule has 0 radical (unpaired) electrons. The van der Waals surface area contributed by atoms with Crippen molar-refractivity contribution in [1.29, 1.82) is 0 Å². The van der Waals surface area contributed by atoms with Crippen LogP contribution in [0.1, 0.15) is 15.9 Å². The molecule has 0 bridgehead atoms. The van der Waals surface area contributed by atoms with Crippen molar-refractivity contribution >= 4 is 37.2 Å². The molecular weight excluding hydrogens is 285 g/mol. The number of benzene rings is 1. The monoisotopic (exact) mass is 295 g/mol. The highest BCUT2D eigenvalue weighted by Gasteiger charge is 2.19. The van der Waals surface area contributed by atoms with E-state index in [1.54, 1.807) is 21.0 Å². The number of hydrogen-bond acceptors (Lipinski definition) is 3. The highest BCUT2D eigenvalue weighted by Crippen LogP contribution is 2.26. The van der Waals surface area contributed by atoms with Gasteiger partial charge in [-0.3, -0.25) is 4.79 Å². The van der Waals surface area contributed by atoms with E-state index in [0.717, 1.165) is 0 Å². The van der Waals surface area contributed by atoms with Gasteiger partial charge in [-0.05, 0) is 24.6 Å². The number of rotatable bonds is 2. The Morgan fingerprint density at radius 3 is 2.24 bits per heavy atom. The van der Waals surface area contributed by atoms with Gasteiger partial charge in [0.2, 0.25) is 0 Å². The molecule has 7 heteroatoms. The Morgan fingerprint density at radius 1 is 1.29 bits per heavy atom. The Labute approximate surface area is 110 Å². The molecule has 0 aromatic heterocycles. The van der Waals surface area contributed by atoms with Crippen LogP contribution in [-0.4, -0.2) is 33.3 Å². The van der Waals surface area contributed by atoms with Crippen LogP contribution < -0.4 is 0 Å². The number of carbonyl (C=O) groups is 1. The van der Waals surface area contributed by atoms with Crippen LogP contribution in [0.15, 0.2) is 17.0 Å². The van der Waals surface area contributed by atoms with Gasteiger partial charge in [0.1, 0.15) is 0 Å². The molecule has 0 unspecified atom stereocenters. The lowest BCUT2D eigenvalue weighted by atomic mass is 10.1. The van der Waals surface area contributed by atoms with Gasteiger partial charge >= 0.3 is 0 Å². The highest BCUT2D eigenvalue weighted by molar-refractivity contribution is 8.13. The van der Waals surface area contributed by atoms with E-state index in [4.69, 9.17) is 22.3 Å². The zero-order chi connectivity index (χ0) is 13.4. The molecule has 0 spiro atoms. The molecule has 0 aliphatic carbocycles. The summed E-state index contributed by atoms with van der Waals surface area (Å²) in [6.07, 6.45) is 0. The van der Waals surface area contributed by atoms with Crippen LogP contribution in [0, 0.1) is 6.92 Å². The third-order valence-electron chi connectivity index (χ3n) is 2.24. The minimum absolute atomic E-state index is 0.181. The molecule has 0 fully saturated rings. The fourth-order valence-electron chi connectivity index (χ4n) is 1.26. The smallest absolute Gasteiger partial charge is 0.261 e. The molecular formula is C10H11Cl2NO3S. The van der Waals surface area contributed by atoms with Gasteiger partial charge in [0, 0.05) is 35.4 Å². The Balaban J connectivity index is 3.51. The van der Waals surface area contributed by atoms with Crippen molar-refractivity contribution in [2.24, 2.45) is 0 Å². The maximum atomic E-state index is 11.8. The molecule has 1 aromatic carbocycles. The Morgan fingerprint density at radius 2 is 1.82 bits per heavy atom. The van der Waals surface area contributed by atoms with Crippen molar-refractivity contribution in [2.75, 3.05) is 14.1 Å². The first-order chi connectivity index (χ1) is 7.64. The van der Waals surface area contributed by atoms with Crippen molar-refractivity contribution < 1.29 is 13.2 Å². The minimum Gasteiger partial charge on any atom is -0.345 e. The van der Waals surface area contributed by atoms with Crippen molar-refractivity contribution in [3.8, 4) is 0 Å². The Hall–Kier alpha value is -0.780. The zero-order valence-corrected chi connectivity index (χ0v) is 11.8. The molecule has 0 saturated heterocycles. The van der Waals surface area contributed by atoms with E-state index in [0.29, 0.717) is 5.56 Å². The highest BCUT2D eigenvalue weighted by atomic mass is 35.7. The van der Waals surface area contributed by atoms with Gasteiger partial charge in [-0.2, -0.15) is 0 Å². The summed E-state index contributed by atoms with van der Waals surface area (Å²) in [5.41, 5.74) is 0.746. The predicted octanol–water partition coefficient (Wildman–Crippen LogP) is 2.28. The lowest BCUT2D eigenvalue weighted by Crippen LogP contribution is -2.23. The van der Waals surface area contributed by atoms with Crippen molar-refractivity contribution in [3.63, 3.8) is 0 Å². The van der Waals surface area contributed by atoms with Crippen LogP contribution >= 0.6 is 22.3 Å². The lowest BCUT2D eigenvalue weighted by Gasteiger charge is -2.14. The number of amides is 1. The molecule has 4 nitrogen and oxygen atoms in total. The summed E-state index contributed by atoms with van der Waals surface area (Å²) >= 11 is 5.88. The summed E-state index contributed by atoms with van der Waals surface area (Å²) in [4.78, 5) is 13.0. The van der Waals surface area contributed by atoms with Crippen LogP contribution in [-0.2, 0) is 9.05 Å². The molecule has 0 saturated carbocycles. The van der Waals surface area contributed by atoms with Crippen LogP contribution in [0.5, 0.6) is 0 Å². The standard InChI is InChI=1S/C10H11Cl2NO3S/c1-6-8(10(14)13(2)3)4-7(5-9(6)11)17(12,15)16/h4-5H,1-3H3. The van der Waals surface area contributed by atoms with Gasteiger partial charge in [0.05, 0.1) is 4.90 Å². The minimum atomic E-state index is -3.91. The molecule has 94 valence electrons. The van der Waals surface area contributed by atoms with Crippen LogP contribution in [0.2, 0.25) is 5.02 Å². The van der Waals surface area contributed by atoms with E-state index in [9.17, 15) is 13.2 Å². The molecule has 0 N–H and O–H groups in total. The molecule has 1 rings (SSSR count). The van der Waals surface area contributed by atoms with E-state index in [1.807, 2.05) is 0 Å². The van der Waals surface area contributed by atoms with Crippen molar-refractivity contribution in [1.82, 2.24) is 4.90 Å². The van der Waals surface area contributed by atoms with E-state index in [-0.39, 0.29) is 21.4 Å². The fraction of sp³-hybridized carbons (Fsp3) is 0.300.